The van der Waals surface area contributed by atoms with Crippen LogP contribution in [-0.4, -0.2) is 11.0 Å². The normalized spacial score (nSPS) is 11.3. The number of hydrogen-bond donors (Lipinski definition) is 2. The minimum absolute atomic E-state index is 0.0187. The molecule has 0 spiro atoms. The van der Waals surface area contributed by atoms with E-state index in [-0.39, 0.29) is 17.9 Å². The fourth-order valence-electron chi connectivity index (χ4n) is 1.51. The average molecular weight is 235 g/mol. The number of carbonyl (C=O) groups is 1. The number of benzene rings is 1. The maximum Gasteiger partial charge on any atom is 0.220 e. The summed E-state index contributed by atoms with van der Waals surface area (Å²) in [6.45, 7) is 6.73. The Balaban J connectivity index is 2.42. The van der Waals surface area contributed by atoms with Crippen LogP contribution in [0.3, 0.4) is 0 Å². The van der Waals surface area contributed by atoms with Gasteiger partial charge in [0.2, 0.25) is 5.91 Å². The molecule has 0 bridgehead atoms. The van der Waals surface area contributed by atoms with Gasteiger partial charge in [0, 0.05) is 13.0 Å². The van der Waals surface area contributed by atoms with Crippen LogP contribution in [0.4, 0.5) is 0 Å². The van der Waals surface area contributed by atoms with Gasteiger partial charge < -0.3 is 10.4 Å². The summed E-state index contributed by atoms with van der Waals surface area (Å²) in [5.41, 5.74) is 1.95. The molecule has 1 rings (SSSR count). The fourth-order valence-corrected chi connectivity index (χ4v) is 1.51. The number of aliphatic hydroxyl groups excluding tert-OH is 1. The third kappa shape index (κ3) is 5.50. The molecule has 0 radical (unpaired) electrons. The van der Waals surface area contributed by atoms with Gasteiger partial charge in [0.05, 0.1) is 6.61 Å². The van der Waals surface area contributed by atoms with Crippen molar-refractivity contribution in [2.45, 2.75) is 40.3 Å². The van der Waals surface area contributed by atoms with Crippen LogP contribution in [0.1, 0.15) is 38.3 Å². The summed E-state index contributed by atoms with van der Waals surface area (Å²) in [6, 6.07) is 7.57. The first-order chi connectivity index (χ1) is 7.90. The zero-order chi connectivity index (χ0) is 12.9. The van der Waals surface area contributed by atoms with Crippen molar-refractivity contribution in [2.24, 2.45) is 5.41 Å². The smallest absolute Gasteiger partial charge is 0.220 e. The van der Waals surface area contributed by atoms with E-state index in [1.54, 1.807) is 0 Å². The third-order valence-corrected chi connectivity index (χ3v) is 2.39. The molecule has 0 aliphatic rings. The Kier molecular flexibility index (Phi) is 4.70. The molecule has 0 fully saturated rings. The van der Waals surface area contributed by atoms with Crippen molar-refractivity contribution in [1.29, 1.82) is 0 Å². The number of aliphatic hydroxyl groups is 1. The second-order valence-electron chi connectivity index (χ2n) is 5.49. The predicted octanol–water partition coefficient (Wildman–Crippen LogP) is 2.23. The molecule has 0 aromatic heterocycles. The monoisotopic (exact) mass is 235 g/mol. The van der Waals surface area contributed by atoms with E-state index in [1.807, 2.05) is 45.0 Å². The van der Waals surface area contributed by atoms with Crippen LogP contribution in [0.25, 0.3) is 0 Å². The number of rotatable bonds is 4. The molecule has 94 valence electrons. The molecule has 17 heavy (non-hydrogen) atoms. The molecule has 0 atom stereocenters. The fraction of sp³-hybridized carbons (Fsp3) is 0.500. The lowest BCUT2D eigenvalue weighted by Gasteiger charge is -2.17. The van der Waals surface area contributed by atoms with Crippen LogP contribution in [0.15, 0.2) is 24.3 Å². The lowest BCUT2D eigenvalue weighted by atomic mass is 9.92. The molecular weight excluding hydrogens is 214 g/mol. The van der Waals surface area contributed by atoms with Crippen molar-refractivity contribution in [1.82, 2.24) is 5.32 Å². The standard InChI is InChI=1S/C14H21NO2/c1-14(2,3)8-13(17)15-9-11-4-6-12(10-16)7-5-11/h4-7,16H,8-10H2,1-3H3,(H,15,17). The summed E-state index contributed by atoms with van der Waals surface area (Å²) < 4.78 is 0. The molecular formula is C14H21NO2. The highest BCUT2D eigenvalue weighted by molar-refractivity contribution is 5.76. The van der Waals surface area contributed by atoms with Gasteiger partial charge in [-0.1, -0.05) is 45.0 Å². The highest BCUT2D eigenvalue weighted by Gasteiger charge is 2.15. The van der Waals surface area contributed by atoms with Crippen LogP contribution in [-0.2, 0) is 17.9 Å². The largest absolute Gasteiger partial charge is 0.392 e. The Morgan fingerprint density at radius 1 is 1.18 bits per heavy atom. The Bertz CT molecular complexity index is 363. The highest BCUT2D eigenvalue weighted by Crippen LogP contribution is 2.17. The summed E-state index contributed by atoms with van der Waals surface area (Å²) in [5, 5.41) is 11.8. The zero-order valence-electron chi connectivity index (χ0n) is 10.8. The van der Waals surface area contributed by atoms with Crippen molar-refractivity contribution in [2.75, 3.05) is 0 Å². The van der Waals surface area contributed by atoms with Crippen LogP contribution < -0.4 is 5.32 Å². The summed E-state index contributed by atoms with van der Waals surface area (Å²) in [5.74, 6) is 0.0729. The second kappa shape index (κ2) is 5.82. The van der Waals surface area contributed by atoms with Gasteiger partial charge in [-0.2, -0.15) is 0 Å². The SMILES string of the molecule is CC(C)(C)CC(=O)NCc1ccc(CO)cc1. The maximum atomic E-state index is 11.6. The first-order valence-electron chi connectivity index (χ1n) is 5.86. The number of nitrogens with one attached hydrogen (secondary N) is 1. The van der Waals surface area contributed by atoms with Crippen molar-refractivity contribution >= 4 is 5.91 Å². The zero-order valence-corrected chi connectivity index (χ0v) is 10.8. The van der Waals surface area contributed by atoms with Gasteiger partial charge in [-0.3, -0.25) is 4.79 Å². The van der Waals surface area contributed by atoms with E-state index in [2.05, 4.69) is 5.32 Å². The first-order valence-corrected chi connectivity index (χ1v) is 5.86. The van der Waals surface area contributed by atoms with Gasteiger partial charge in [-0.25, -0.2) is 0 Å². The summed E-state index contributed by atoms with van der Waals surface area (Å²) >= 11 is 0. The molecule has 1 amide bonds. The highest BCUT2D eigenvalue weighted by atomic mass is 16.3. The lowest BCUT2D eigenvalue weighted by molar-refractivity contribution is -0.122. The van der Waals surface area contributed by atoms with E-state index in [1.165, 1.54) is 0 Å². The quantitative estimate of drug-likeness (QED) is 0.840. The van der Waals surface area contributed by atoms with Gasteiger partial charge >= 0.3 is 0 Å². The summed E-state index contributed by atoms with van der Waals surface area (Å²) in [6.07, 6.45) is 0.529. The van der Waals surface area contributed by atoms with Gasteiger partial charge in [0.1, 0.15) is 0 Å². The Hall–Kier alpha value is -1.35. The Labute approximate surface area is 103 Å². The number of hydrogen-bond acceptors (Lipinski definition) is 2. The van der Waals surface area contributed by atoms with E-state index in [4.69, 9.17) is 5.11 Å². The Morgan fingerprint density at radius 2 is 1.71 bits per heavy atom. The Morgan fingerprint density at radius 3 is 2.18 bits per heavy atom. The topological polar surface area (TPSA) is 49.3 Å². The number of amides is 1. The average Bonchev–Trinajstić information content (AvgIpc) is 2.25. The van der Waals surface area contributed by atoms with Gasteiger partial charge in [-0.05, 0) is 16.5 Å². The maximum absolute atomic E-state index is 11.6. The number of carbonyl (C=O) groups excluding carboxylic acids is 1. The van der Waals surface area contributed by atoms with E-state index in [9.17, 15) is 4.79 Å². The molecule has 1 aromatic rings. The van der Waals surface area contributed by atoms with Crippen molar-refractivity contribution in [3.05, 3.63) is 35.4 Å². The molecule has 0 saturated heterocycles. The van der Waals surface area contributed by atoms with Crippen LogP contribution in [0, 0.1) is 5.41 Å². The van der Waals surface area contributed by atoms with Crippen molar-refractivity contribution < 1.29 is 9.90 Å². The molecule has 0 unspecified atom stereocenters. The lowest BCUT2D eigenvalue weighted by Crippen LogP contribution is -2.27. The van der Waals surface area contributed by atoms with E-state index in [0.717, 1.165) is 11.1 Å². The first kappa shape index (κ1) is 13.7. The molecule has 3 nitrogen and oxygen atoms in total. The van der Waals surface area contributed by atoms with Gasteiger partial charge in [0.25, 0.3) is 0 Å². The van der Waals surface area contributed by atoms with Crippen LogP contribution >= 0.6 is 0 Å². The van der Waals surface area contributed by atoms with Gasteiger partial charge in [0.15, 0.2) is 0 Å². The molecule has 1 aromatic carbocycles. The third-order valence-electron chi connectivity index (χ3n) is 2.39. The molecule has 0 aliphatic carbocycles. The van der Waals surface area contributed by atoms with Crippen molar-refractivity contribution in [3.8, 4) is 0 Å². The molecule has 0 aliphatic heterocycles. The van der Waals surface area contributed by atoms with Crippen LogP contribution in [0.2, 0.25) is 0 Å². The summed E-state index contributed by atoms with van der Waals surface area (Å²) in [7, 11) is 0. The minimum atomic E-state index is 0.0187. The van der Waals surface area contributed by atoms with E-state index in [0.29, 0.717) is 13.0 Å². The molecule has 2 N–H and O–H groups in total. The van der Waals surface area contributed by atoms with E-state index >= 15 is 0 Å². The second-order valence-corrected chi connectivity index (χ2v) is 5.49. The molecule has 0 saturated carbocycles. The molecule has 3 heteroatoms. The minimum Gasteiger partial charge on any atom is -0.392 e. The van der Waals surface area contributed by atoms with Crippen LogP contribution in [0.5, 0.6) is 0 Å². The molecule has 0 heterocycles. The summed E-state index contributed by atoms with van der Waals surface area (Å²) in [4.78, 5) is 11.6. The van der Waals surface area contributed by atoms with Gasteiger partial charge in [-0.15, -0.1) is 0 Å². The predicted molar refractivity (Wildman–Crippen MR) is 68.3 cm³/mol. The van der Waals surface area contributed by atoms with Crippen molar-refractivity contribution in [3.63, 3.8) is 0 Å². The van der Waals surface area contributed by atoms with E-state index < -0.39 is 0 Å².